The number of unbranched alkanes of at least 4 members (excludes halogenated alkanes) is 36. The quantitative estimate of drug-likeness (QED) is 0.0474. The zero-order chi connectivity index (χ0) is 40.5. The molecule has 0 fully saturated rings. The molecular weight excluding hydrogens is 681 g/mol. The third-order valence-electron chi connectivity index (χ3n) is 12.3. The molecule has 5 heteroatoms. The third-order valence-corrected chi connectivity index (χ3v) is 12.3. The summed E-state index contributed by atoms with van der Waals surface area (Å²) < 4.78 is 0. The van der Waals surface area contributed by atoms with E-state index in [1.54, 1.807) is 0 Å². The number of aliphatic carboxylic acids is 1. The second kappa shape index (κ2) is 40.9. The van der Waals surface area contributed by atoms with Crippen LogP contribution < -0.4 is 0 Å². The van der Waals surface area contributed by atoms with Crippen molar-refractivity contribution in [2.45, 2.75) is 296 Å². The second-order valence-electron chi connectivity index (χ2n) is 17.5. The largest absolute Gasteiger partial charge is 0.479 e. The molecule has 326 valence electrons. The summed E-state index contributed by atoms with van der Waals surface area (Å²) in [5.74, 6) is -3.58. The van der Waals surface area contributed by atoms with E-state index < -0.39 is 23.3 Å². The number of carbonyl (C=O) groups excluding carboxylic acids is 2. The molecule has 0 aliphatic heterocycles. The Morgan fingerprint density at radius 3 is 0.873 bits per heavy atom. The number of rotatable bonds is 46. The van der Waals surface area contributed by atoms with E-state index in [4.69, 9.17) is 0 Å². The molecule has 0 amide bonds. The molecule has 0 rings (SSSR count). The lowest BCUT2D eigenvalue weighted by molar-refractivity contribution is -0.175. The topological polar surface area (TPSA) is 91.7 Å². The van der Waals surface area contributed by atoms with Crippen molar-refractivity contribution >= 4 is 17.5 Å². The van der Waals surface area contributed by atoms with Crippen LogP contribution in [0.4, 0.5) is 0 Å². The fourth-order valence-corrected chi connectivity index (χ4v) is 8.42. The first-order valence-electron chi connectivity index (χ1n) is 24.9. The van der Waals surface area contributed by atoms with Gasteiger partial charge in [-0.15, -0.1) is 0 Å². The minimum Gasteiger partial charge on any atom is -0.479 e. The van der Waals surface area contributed by atoms with E-state index in [9.17, 15) is 24.6 Å². The summed E-state index contributed by atoms with van der Waals surface area (Å²) in [6.45, 7) is 6.77. The van der Waals surface area contributed by atoms with Crippen LogP contribution in [0.3, 0.4) is 0 Å². The minimum atomic E-state index is -2.61. The second-order valence-corrected chi connectivity index (χ2v) is 17.5. The van der Waals surface area contributed by atoms with Crippen molar-refractivity contribution in [3.05, 3.63) is 0 Å². The third kappa shape index (κ3) is 31.4. The molecule has 0 aromatic carbocycles. The van der Waals surface area contributed by atoms with Crippen molar-refractivity contribution in [3.63, 3.8) is 0 Å². The molecule has 55 heavy (non-hydrogen) atoms. The highest BCUT2D eigenvalue weighted by Gasteiger charge is 2.52. The van der Waals surface area contributed by atoms with Gasteiger partial charge in [0, 0.05) is 12.8 Å². The SMILES string of the molecule is CCCCCCCCCCCCCCCC(=O)C(CCCCCCCCCCCCCCC)C(O)(C(=O)O)C(=O)CCCCCCCCCCCCCCC. The summed E-state index contributed by atoms with van der Waals surface area (Å²) in [5.41, 5.74) is -2.61. The van der Waals surface area contributed by atoms with E-state index in [1.165, 1.54) is 180 Å². The summed E-state index contributed by atoms with van der Waals surface area (Å²) >= 11 is 0. The molecule has 0 aliphatic carbocycles. The summed E-state index contributed by atoms with van der Waals surface area (Å²) in [6, 6.07) is 0. The van der Waals surface area contributed by atoms with Gasteiger partial charge in [0.25, 0.3) is 0 Å². The van der Waals surface area contributed by atoms with Gasteiger partial charge >= 0.3 is 5.97 Å². The Bertz CT molecular complexity index is 855. The number of ketones is 2. The Morgan fingerprint density at radius 1 is 0.364 bits per heavy atom. The lowest BCUT2D eigenvalue weighted by atomic mass is 9.75. The average molecular weight is 777 g/mol. The van der Waals surface area contributed by atoms with Gasteiger partial charge in [-0.2, -0.15) is 0 Å². The molecule has 0 spiro atoms. The molecule has 0 saturated carbocycles. The van der Waals surface area contributed by atoms with E-state index in [0.29, 0.717) is 19.3 Å². The summed E-state index contributed by atoms with van der Waals surface area (Å²) in [6.07, 6.45) is 47.3. The van der Waals surface area contributed by atoms with E-state index in [2.05, 4.69) is 20.8 Å². The number of carboxylic acids is 1. The standard InChI is InChI=1S/C50H96O5/c1-4-7-10-13-16-19-22-25-28-31-34-37-40-43-46(47(51)44-41-38-35-32-29-26-23-20-17-14-11-8-5-2)50(55,49(53)54)48(52)45-42-39-36-33-30-27-24-21-18-15-12-9-6-3/h46,55H,4-45H2,1-3H3,(H,53,54). The van der Waals surface area contributed by atoms with Crippen LogP contribution in [0.1, 0.15) is 290 Å². The first-order valence-corrected chi connectivity index (χ1v) is 24.9. The van der Waals surface area contributed by atoms with Gasteiger partial charge in [-0.1, -0.05) is 258 Å². The van der Waals surface area contributed by atoms with Crippen LogP contribution in [0.2, 0.25) is 0 Å². The number of hydrogen-bond acceptors (Lipinski definition) is 4. The zero-order valence-electron chi connectivity index (χ0n) is 37.4. The van der Waals surface area contributed by atoms with Gasteiger partial charge < -0.3 is 10.2 Å². The van der Waals surface area contributed by atoms with Crippen LogP contribution in [-0.4, -0.2) is 33.3 Å². The van der Waals surface area contributed by atoms with Crippen molar-refractivity contribution in [2.24, 2.45) is 5.92 Å². The van der Waals surface area contributed by atoms with Gasteiger partial charge in [0.15, 0.2) is 5.78 Å². The van der Waals surface area contributed by atoms with Crippen molar-refractivity contribution in [2.75, 3.05) is 0 Å². The Kier molecular flexibility index (Phi) is 40.0. The van der Waals surface area contributed by atoms with Crippen molar-refractivity contribution in [1.82, 2.24) is 0 Å². The number of Topliss-reactive ketones (excluding diaryl/α,β-unsaturated/α-hetero) is 2. The fraction of sp³-hybridized carbons (Fsp3) is 0.940. The molecular formula is C50H96O5. The van der Waals surface area contributed by atoms with E-state index >= 15 is 0 Å². The van der Waals surface area contributed by atoms with Crippen LogP contribution in [0, 0.1) is 5.92 Å². The normalized spacial score (nSPS) is 13.2. The highest BCUT2D eigenvalue weighted by molar-refractivity contribution is 6.10. The highest BCUT2D eigenvalue weighted by Crippen LogP contribution is 2.31. The predicted molar refractivity (Wildman–Crippen MR) is 237 cm³/mol. The van der Waals surface area contributed by atoms with Crippen LogP contribution in [0.25, 0.3) is 0 Å². The van der Waals surface area contributed by atoms with Crippen LogP contribution in [-0.2, 0) is 14.4 Å². The lowest BCUT2D eigenvalue weighted by Crippen LogP contribution is -2.55. The monoisotopic (exact) mass is 777 g/mol. The minimum absolute atomic E-state index is 0.0294. The van der Waals surface area contributed by atoms with Gasteiger partial charge in [0.05, 0.1) is 5.92 Å². The molecule has 2 unspecified atom stereocenters. The van der Waals surface area contributed by atoms with Crippen molar-refractivity contribution < 1.29 is 24.6 Å². The van der Waals surface area contributed by atoms with E-state index in [0.717, 1.165) is 51.4 Å². The molecule has 0 aliphatic rings. The van der Waals surface area contributed by atoms with E-state index in [1.807, 2.05) is 0 Å². The van der Waals surface area contributed by atoms with E-state index in [-0.39, 0.29) is 25.0 Å². The Balaban J connectivity index is 4.77. The lowest BCUT2D eigenvalue weighted by Gasteiger charge is -2.30. The summed E-state index contributed by atoms with van der Waals surface area (Å²) in [7, 11) is 0. The maximum Gasteiger partial charge on any atom is 0.344 e. The Morgan fingerprint density at radius 2 is 0.600 bits per heavy atom. The molecule has 0 radical (unpaired) electrons. The molecule has 5 nitrogen and oxygen atoms in total. The molecule has 0 bridgehead atoms. The Hall–Kier alpha value is -1.23. The number of carbonyl (C=O) groups is 3. The van der Waals surface area contributed by atoms with Gasteiger partial charge in [0.2, 0.25) is 5.60 Å². The Labute approximate surface area is 343 Å². The molecule has 0 aromatic heterocycles. The van der Waals surface area contributed by atoms with Gasteiger partial charge in [-0.25, -0.2) is 4.79 Å². The molecule has 2 N–H and O–H groups in total. The predicted octanol–water partition coefficient (Wildman–Crippen LogP) is 16.0. The van der Waals surface area contributed by atoms with Crippen molar-refractivity contribution in [1.29, 1.82) is 0 Å². The smallest absolute Gasteiger partial charge is 0.344 e. The number of aliphatic hydroxyl groups is 1. The molecule has 0 saturated heterocycles. The van der Waals surface area contributed by atoms with Gasteiger partial charge in [-0.3, -0.25) is 9.59 Å². The first kappa shape index (κ1) is 53.8. The fourth-order valence-electron chi connectivity index (χ4n) is 8.42. The van der Waals surface area contributed by atoms with Crippen LogP contribution >= 0.6 is 0 Å². The molecule has 0 heterocycles. The zero-order valence-corrected chi connectivity index (χ0v) is 37.4. The maximum absolute atomic E-state index is 13.7. The molecule has 2 atom stereocenters. The number of hydrogen-bond donors (Lipinski definition) is 2. The van der Waals surface area contributed by atoms with Crippen molar-refractivity contribution in [3.8, 4) is 0 Å². The molecule has 0 aromatic rings. The average Bonchev–Trinajstić information content (AvgIpc) is 3.18. The van der Waals surface area contributed by atoms with Gasteiger partial charge in [-0.05, 0) is 19.3 Å². The number of carboxylic acid groups (broad SMARTS) is 1. The van der Waals surface area contributed by atoms with Crippen LogP contribution in [0.15, 0.2) is 0 Å². The highest BCUT2D eigenvalue weighted by atomic mass is 16.4. The summed E-state index contributed by atoms with van der Waals surface area (Å²) in [5, 5.41) is 21.9. The van der Waals surface area contributed by atoms with Gasteiger partial charge in [0.1, 0.15) is 5.78 Å². The van der Waals surface area contributed by atoms with Crippen LogP contribution in [0.5, 0.6) is 0 Å². The maximum atomic E-state index is 13.7. The summed E-state index contributed by atoms with van der Waals surface area (Å²) in [4.78, 5) is 39.8. The first-order chi connectivity index (χ1) is 26.9.